The number of phenolic OH excluding ortho intramolecular Hbond substituents is 1. The van der Waals surface area contributed by atoms with E-state index in [0.717, 1.165) is 5.56 Å². The topological polar surface area (TPSA) is 165 Å². The van der Waals surface area contributed by atoms with Gasteiger partial charge in [-0.15, -0.1) is 6.58 Å². The molecule has 0 heterocycles. The van der Waals surface area contributed by atoms with E-state index in [1.54, 1.807) is 20.2 Å². The summed E-state index contributed by atoms with van der Waals surface area (Å²) >= 11 is 0. The molecule has 10 heteroatoms. The van der Waals surface area contributed by atoms with E-state index in [9.17, 15) is 34.8 Å². The van der Waals surface area contributed by atoms with Crippen molar-refractivity contribution in [1.82, 2.24) is 9.80 Å². The summed E-state index contributed by atoms with van der Waals surface area (Å²) in [5.74, 6) is -6.44. The third-order valence-electron chi connectivity index (χ3n) is 8.15. The third-order valence-corrected chi connectivity index (χ3v) is 8.15. The lowest BCUT2D eigenvalue weighted by atomic mass is 9.57. The number of hydrogen-bond donors (Lipinski definition) is 5. The van der Waals surface area contributed by atoms with Gasteiger partial charge < -0.3 is 26.2 Å². The van der Waals surface area contributed by atoms with Gasteiger partial charge in [0, 0.05) is 30.1 Å². The van der Waals surface area contributed by atoms with Crippen LogP contribution in [0.25, 0.3) is 5.76 Å². The number of aliphatic hydroxyl groups is 3. The van der Waals surface area contributed by atoms with Crippen molar-refractivity contribution in [3.8, 4) is 5.75 Å². The first-order valence-electron chi connectivity index (χ1n) is 12.6. The van der Waals surface area contributed by atoms with E-state index in [4.69, 9.17) is 5.73 Å². The molecule has 3 aliphatic rings. The van der Waals surface area contributed by atoms with Gasteiger partial charge in [-0.25, -0.2) is 0 Å². The first-order valence-corrected chi connectivity index (χ1v) is 12.6. The molecule has 204 valence electrons. The number of aromatic hydroxyl groups is 1. The molecule has 3 aliphatic carbocycles. The minimum Gasteiger partial charge on any atom is -0.508 e. The van der Waals surface area contributed by atoms with Crippen LogP contribution in [0, 0.1) is 11.8 Å². The van der Waals surface area contributed by atoms with Crippen molar-refractivity contribution < 1.29 is 34.8 Å². The highest BCUT2D eigenvalue weighted by atomic mass is 16.3. The molecule has 4 atom stereocenters. The molecule has 4 rings (SSSR count). The van der Waals surface area contributed by atoms with Crippen LogP contribution in [-0.4, -0.2) is 87.0 Å². The monoisotopic (exact) mass is 525 g/mol. The van der Waals surface area contributed by atoms with Crippen LogP contribution in [0.3, 0.4) is 0 Å². The van der Waals surface area contributed by atoms with Crippen LogP contribution in [0.4, 0.5) is 0 Å². The number of aryl methyl sites for hydroxylation is 1. The third kappa shape index (κ3) is 3.86. The van der Waals surface area contributed by atoms with Gasteiger partial charge in [-0.1, -0.05) is 19.1 Å². The number of fused-ring (bicyclic) bond motifs is 3. The molecular weight excluding hydrogens is 490 g/mol. The minimum absolute atomic E-state index is 0.0690. The zero-order chi connectivity index (χ0) is 28.3. The van der Waals surface area contributed by atoms with Crippen LogP contribution in [0.5, 0.6) is 5.75 Å². The van der Waals surface area contributed by atoms with E-state index in [2.05, 4.69) is 6.58 Å². The van der Waals surface area contributed by atoms with Gasteiger partial charge in [0.05, 0.1) is 11.6 Å². The van der Waals surface area contributed by atoms with E-state index in [1.807, 2.05) is 24.9 Å². The van der Waals surface area contributed by atoms with Gasteiger partial charge in [0.2, 0.25) is 5.78 Å². The number of carbonyl (C=O) groups is 3. The molecule has 1 aromatic rings. The number of hydrogen-bond acceptors (Lipinski definition) is 9. The van der Waals surface area contributed by atoms with Crippen LogP contribution in [0.2, 0.25) is 0 Å². The zero-order valence-electron chi connectivity index (χ0n) is 22.1. The number of primary amides is 1. The number of nitrogens with zero attached hydrogens (tertiary/aromatic N) is 2. The second kappa shape index (κ2) is 9.68. The summed E-state index contributed by atoms with van der Waals surface area (Å²) in [6.07, 6.45) is 2.70. The zero-order valence-corrected chi connectivity index (χ0v) is 22.1. The van der Waals surface area contributed by atoms with Crippen LogP contribution in [0.15, 0.2) is 35.6 Å². The highest BCUT2D eigenvalue weighted by Crippen LogP contribution is 2.53. The maximum atomic E-state index is 14.0. The number of Topliss-reactive ketones (excluding diaryl/α,β-unsaturated/α-hetero) is 2. The quantitative estimate of drug-likeness (QED) is 0.259. The van der Waals surface area contributed by atoms with Gasteiger partial charge in [0.1, 0.15) is 22.8 Å². The minimum atomic E-state index is -2.64. The van der Waals surface area contributed by atoms with E-state index < -0.39 is 58.0 Å². The second-order valence-electron chi connectivity index (χ2n) is 10.7. The molecule has 10 nitrogen and oxygen atoms in total. The fraction of sp³-hybridized carbons (Fsp3) is 0.464. The first kappa shape index (κ1) is 27.6. The molecular formula is C28H35N3O7. The molecule has 0 saturated heterocycles. The number of phenols is 1. The highest BCUT2D eigenvalue weighted by molar-refractivity contribution is 6.24. The molecule has 0 aliphatic heterocycles. The summed E-state index contributed by atoms with van der Waals surface area (Å²) in [7, 11) is 5.01. The molecule has 0 bridgehead atoms. The Hall–Kier alpha value is -3.47. The number of rotatable bonds is 7. The van der Waals surface area contributed by atoms with Gasteiger partial charge >= 0.3 is 0 Å². The first-order chi connectivity index (χ1) is 17.8. The van der Waals surface area contributed by atoms with E-state index in [0.29, 0.717) is 30.6 Å². The van der Waals surface area contributed by atoms with Gasteiger partial charge in [-0.3, -0.25) is 24.2 Å². The maximum Gasteiger partial charge on any atom is 0.255 e. The Morgan fingerprint density at radius 2 is 1.87 bits per heavy atom. The lowest BCUT2D eigenvalue weighted by molar-refractivity contribution is -0.153. The Bertz CT molecular complexity index is 1310. The SMILES string of the molecule is C=CCN(C)Cc1cc(CC)c2c(c1O)C(O)=C1C(=O)[C@]3(O)C(O)=C(C(N)=O)C(=O)[C@@H](N(C)C)C3CC1C2. The van der Waals surface area contributed by atoms with Gasteiger partial charge in [-0.2, -0.15) is 0 Å². The van der Waals surface area contributed by atoms with Crippen molar-refractivity contribution in [2.24, 2.45) is 17.6 Å². The average Bonchev–Trinajstić information content (AvgIpc) is 2.82. The van der Waals surface area contributed by atoms with Crippen molar-refractivity contribution in [3.63, 3.8) is 0 Å². The van der Waals surface area contributed by atoms with Crippen molar-refractivity contribution in [1.29, 1.82) is 0 Å². The van der Waals surface area contributed by atoms with Crippen molar-refractivity contribution >= 4 is 23.2 Å². The smallest absolute Gasteiger partial charge is 0.255 e. The summed E-state index contributed by atoms with van der Waals surface area (Å²) in [4.78, 5) is 42.7. The Balaban J connectivity index is 1.94. The average molecular weight is 526 g/mol. The van der Waals surface area contributed by atoms with Gasteiger partial charge in [0.25, 0.3) is 5.91 Å². The molecule has 1 fully saturated rings. The summed E-state index contributed by atoms with van der Waals surface area (Å²) in [6, 6.07) is 0.794. The summed E-state index contributed by atoms with van der Waals surface area (Å²) in [5.41, 5.74) is 4.04. The standard InChI is InChI=1S/C28H35N3O7/c1-6-8-31(5)12-15-9-13(7-2)16-10-14-11-17-21(30(3)4)24(34)20(27(29)37)26(36)28(17,38)25(35)18(14)23(33)19(16)22(15)32/h6,9,14,17,21,32-33,36,38H,1,7-8,10-12H2,2-5H3,(H2,29,37)/t14?,17?,21-,28-/m0/s1. The summed E-state index contributed by atoms with van der Waals surface area (Å²) in [5, 5.41) is 45.4. The summed E-state index contributed by atoms with van der Waals surface area (Å²) in [6.45, 7) is 6.62. The van der Waals surface area contributed by atoms with Gasteiger partial charge in [-0.05, 0) is 57.5 Å². The molecule has 2 unspecified atom stereocenters. The molecule has 0 spiro atoms. The van der Waals surface area contributed by atoms with Crippen LogP contribution >= 0.6 is 0 Å². The largest absolute Gasteiger partial charge is 0.508 e. The normalized spacial score (nSPS) is 27.0. The predicted molar refractivity (Wildman–Crippen MR) is 140 cm³/mol. The van der Waals surface area contributed by atoms with Crippen molar-refractivity contribution in [2.75, 3.05) is 27.7 Å². The molecule has 0 aromatic heterocycles. The van der Waals surface area contributed by atoms with Crippen molar-refractivity contribution in [2.45, 2.75) is 44.4 Å². The highest BCUT2D eigenvalue weighted by Gasteiger charge is 2.64. The van der Waals surface area contributed by atoms with Crippen molar-refractivity contribution in [3.05, 3.63) is 57.9 Å². The predicted octanol–water partition coefficient (Wildman–Crippen LogP) is 1.14. The lowest BCUT2D eigenvalue weighted by Gasteiger charge is -2.50. The Kier molecular flexibility index (Phi) is 7.02. The van der Waals surface area contributed by atoms with E-state index in [1.165, 1.54) is 4.90 Å². The van der Waals surface area contributed by atoms with Crippen LogP contribution in [-0.2, 0) is 33.8 Å². The Morgan fingerprint density at radius 3 is 2.42 bits per heavy atom. The molecule has 38 heavy (non-hydrogen) atoms. The fourth-order valence-corrected chi connectivity index (χ4v) is 6.46. The van der Waals surface area contributed by atoms with Crippen LogP contribution in [0.1, 0.15) is 35.6 Å². The number of aliphatic hydroxyl groups excluding tert-OH is 2. The maximum absolute atomic E-state index is 14.0. The lowest BCUT2D eigenvalue weighted by Crippen LogP contribution is -2.65. The molecule has 1 saturated carbocycles. The number of amides is 1. The number of carbonyl (C=O) groups excluding carboxylic acids is 3. The second-order valence-corrected chi connectivity index (χ2v) is 10.7. The number of ketones is 2. The Morgan fingerprint density at radius 1 is 1.21 bits per heavy atom. The number of benzene rings is 1. The molecule has 6 N–H and O–H groups in total. The van der Waals surface area contributed by atoms with Crippen LogP contribution < -0.4 is 5.73 Å². The van der Waals surface area contributed by atoms with E-state index in [-0.39, 0.29) is 29.7 Å². The number of likely N-dealkylation sites (N-methyl/N-ethyl adjacent to an activating group) is 2. The summed E-state index contributed by atoms with van der Waals surface area (Å²) < 4.78 is 0. The molecule has 0 radical (unpaired) electrons. The molecule has 1 amide bonds. The van der Waals surface area contributed by atoms with Gasteiger partial charge in [0.15, 0.2) is 11.4 Å². The number of nitrogens with two attached hydrogens (primary N) is 1. The Labute approximate surface area is 221 Å². The molecule has 1 aromatic carbocycles. The fourth-order valence-electron chi connectivity index (χ4n) is 6.46. The van der Waals surface area contributed by atoms with E-state index >= 15 is 0 Å².